The lowest BCUT2D eigenvalue weighted by molar-refractivity contribution is -0.122. The number of rotatable bonds is 2. The van der Waals surface area contributed by atoms with Gasteiger partial charge in [-0.3, -0.25) is 4.79 Å². The van der Waals surface area contributed by atoms with Crippen LogP contribution in [0, 0.1) is 17.2 Å². The number of hydrogen-bond donors (Lipinski definition) is 0. The van der Waals surface area contributed by atoms with E-state index < -0.39 is 0 Å². The molecule has 0 saturated carbocycles. The highest BCUT2D eigenvalue weighted by molar-refractivity contribution is 5.83. The van der Waals surface area contributed by atoms with Crippen LogP contribution in [0.3, 0.4) is 0 Å². The van der Waals surface area contributed by atoms with E-state index in [-0.39, 0.29) is 18.1 Å². The second-order valence-electron chi connectivity index (χ2n) is 2.78. The first kappa shape index (κ1) is 8.00. The van der Waals surface area contributed by atoms with Crippen molar-refractivity contribution in [1.82, 2.24) is 0 Å². The Morgan fingerprint density at radius 2 is 2.45 bits per heavy atom. The van der Waals surface area contributed by atoms with E-state index in [2.05, 4.69) is 6.08 Å². The van der Waals surface area contributed by atoms with Crippen molar-refractivity contribution in [1.29, 1.82) is 5.26 Å². The fourth-order valence-electron chi connectivity index (χ4n) is 1.31. The van der Waals surface area contributed by atoms with Crippen LogP contribution in [0.25, 0.3) is 0 Å². The minimum absolute atomic E-state index is 0.0819. The van der Waals surface area contributed by atoms with Crippen LogP contribution < -0.4 is 0 Å². The molecule has 2 heteroatoms. The molecule has 2 nitrogen and oxygen atoms in total. The predicted molar refractivity (Wildman–Crippen MR) is 41.7 cm³/mol. The van der Waals surface area contributed by atoms with Crippen molar-refractivity contribution in [2.75, 3.05) is 0 Å². The lowest BCUT2D eigenvalue weighted by Gasteiger charge is -2.13. The first-order valence-electron chi connectivity index (χ1n) is 3.89. The fourth-order valence-corrected chi connectivity index (χ4v) is 1.31. The number of Topliss-reactive ketones (excluding diaryl/α,β-unsaturated/α-hetero) is 1. The Kier molecular flexibility index (Phi) is 2.85. The van der Waals surface area contributed by atoms with Crippen LogP contribution in [0.5, 0.6) is 0 Å². The molecule has 0 fully saturated rings. The molecule has 0 N–H and O–H groups in total. The quantitative estimate of drug-likeness (QED) is 0.562. The molecular weight excluding hydrogens is 138 g/mol. The Labute approximate surface area is 66.5 Å². The average molecular weight is 149 g/mol. The molecule has 0 radical (unpaired) electrons. The molecule has 0 aromatic rings. The molecule has 1 aliphatic carbocycles. The highest BCUT2D eigenvalue weighted by Gasteiger charge is 2.17. The van der Waals surface area contributed by atoms with E-state index >= 15 is 0 Å². The molecule has 0 spiro atoms. The second-order valence-corrected chi connectivity index (χ2v) is 2.78. The SMILES string of the molecule is N#CCC(=O)C1CC=CCC1. The number of allylic oxidation sites excluding steroid dienone is 2. The number of carbonyl (C=O) groups is 1. The van der Waals surface area contributed by atoms with Gasteiger partial charge in [-0.15, -0.1) is 0 Å². The van der Waals surface area contributed by atoms with E-state index in [1.807, 2.05) is 12.1 Å². The first-order chi connectivity index (χ1) is 5.34. The van der Waals surface area contributed by atoms with Crippen LogP contribution in [-0.4, -0.2) is 5.78 Å². The summed E-state index contributed by atoms with van der Waals surface area (Å²) in [5, 5.41) is 8.28. The standard InChI is InChI=1S/C9H11NO/c10-7-6-9(11)8-4-2-1-3-5-8/h1-2,8H,3-6H2. The smallest absolute Gasteiger partial charge is 0.150 e. The minimum Gasteiger partial charge on any atom is -0.298 e. The van der Waals surface area contributed by atoms with Crippen molar-refractivity contribution in [3.8, 4) is 6.07 Å². The van der Waals surface area contributed by atoms with Gasteiger partial charge in [0.15, 0.2) is 0 Å². The zero-order valence-corrected chi connectivity index (χ0v) is 6.42. The number of nitriles is 1. The van der Waals surface area contributed by atoms with E-state index in [1.54, 1.807) is 0 Å². The highest BCUT2D eigenvalue weighted by Crippen LogP contribution is 2.19. The Morgan fingerprint density at radius 1 is 1.64 bits per heavy atom. The molecule has 1 atom stereocenters. The van der Waals surface area contributed by atoms with Crippen LogP contribution >= 0.6 is 0 Å². The molecular formula is C9H11NO. The normalized spacial score (nSPS) is 22.6. The van der Waals surface area contributed by atoms with Gasteiger partial charge in [-0.1, -0.05) is 12.2 Å². The summed E-state index contributed by atoms with van der Waals surface area (Å²) in [4.78, 5) is 11.1. The van der Waals surface area contributed by atoms with Crippen LogP contribution in [0.2, 0.25) is 0 Å². The molecule has 1 aliphatic rings. The molecule has 0 amide bonds. The number of nitrogens with zero attached hydrogens (tertiary/aromatic N) is 1. The summed E-state index contributed by atoms with van der Waals surface area (Å²) in [7, 11) is 0. The summed E-state index contributed by atoms with van der Waals surface area (Å²) >= 11 is 0. The van der Waals surface area contributed by atoms with Crippen LogP contribution in [0.1, 0.15) is 25.7 Å². The maximum atomic E-state index is 11.1. The molecule has 0 aromatic carbocycles. The van der Waals surface area contributed by atoms with Crippen LogP contribution in [-0.2, 0) is 4.79 Å². The van der Waals surface area contributed by atoms with E-state index in [9.17, 15) is 4.79 Å². The average Bonchev–Trinajstić information content (AvgIpc) is 2.07. The first-order valence-corrected chi connectivity index (χ1v) is 3.89. The Bertz CT molecular complexity index is 212. The Morgan fingerprint density at radius 3 is 3.00 bits per heavy atom. The lowest BCUT2D eigenvalue weighted by atomic mass is 9.89. The van der Waals surface area contributed by atoms with Gasteiger partial charge in [-0.2, -0.15) is 5.26 Å². The third-order valence-corrected chi connectivity index (χ3v) is 1.98. The maximum absolute atomic E-state index is 11.1. The second kappa shape index (κ2) is 3.92. The van der Waals surface area contributed by atoms with Gasteiger partial charge in [0.05, 0.1) is 12.5 Å². The van der Waals surface area contributed by atoms with Gasteiger partial charge in [-0.25, -0.2) is 0 Å². The summed E-state index contributed by atoms with van der Waals surface area (Å²) in [6.07, 6.45) is 6.96. The van der Waals surface area contributed by atoms with Gasteiger partial charge >= 0.3 is 0 Å². The van der Waals surface area contributed by atoms with Gasteiger partial charge in [0.1, 0.15) is 5.78 Å². The molecule has 0 aromatic heterocycles. The van der Waals surface area contributed by atoms with E-state index in [4.69, 9.17) is 5.26 Å². The van der Waals surface area contributed by atoms with Crippen molar-refractivity contribution in [2.24, 2.45) is 5.92 Å². The summed E-state index contributed by atoms with van der Waals surface area (Å²) in [5.41, 5.74) is 0. The van der Waals surface area contributed by atoms with Gasteiger partial charge in [0.25, 0.3) is 0 Å². The zero-order valence-electron chi connectivity index (χ0n) is 6.42. The molecule has 58 valence electrons. The fraction of sp³-hybridized carbons (Fsp3) is 0.556. The lowest BCUT2D eigenvalue weighted by Crippen LogP contribution is -2.14. The predicted octanol–water partition coefficient (Wildman–Crippen LogP) is 1.83. The molecule has 1 unspecified atom stereocenters. The van der Waals surface area contributed by atoms with Gasteiger partial charge in [0.2, 0.25) is 0 Å². The van der Waals surface area contributed by atoms with Crippen LogP contribution in [0.4, 0.5) is 0 Å². The molecule has 0 saturated heterocycles. The molecule has 0 heterocycles. The number of carbonyl (C=O) groups excluding carboxylic acids is 1. The number of ketones is 1. The summed E-state index contributed by atoms with van der Waals surface area (Å²) in [6, 6.07) is 1.89. The molecule has 0 aliphatic heterocycles. The Hall–Kier alpha value is -1.10. The van der Waals surface area contributed by atoms with E-state index in [0.717, 1.165) is 19.3 Å². The maximum Gasteiger partial charge on any atom is 0.150 e. The number of hydrogen-bond acceptors (Lipinski definition) is 2. The van der Waals surface area contributed by atoms with Crippen molar-refractivity contribution in [2.45, 2.75) is 25.7 Å². The monoisotopic (exact) mass is 149 g/mol. The molecule has 11 heavy (non-hydrogen) atoms. The summed E-state index contributed by atoms with van der Waals surface area (Å²) < 4.78 is 0. The van der Waals surface area contributed by atoms with Crippen molar-refractivity contribution in [3.05, 3.63) is 12.2 Å². The topological polar surface area (TPSA) is 40.9 Å². The van der Waals surface area contributed by atoms with E-state index in [1.165, 1.54) is 0 Å². The van der Waals surface area contributed by atoms with Gasteiger partial charge in [-0.05, 0) is 19.3 Å². The third-order valence-electron chi connectivity index (χ3n) is 1.98. The summed E-state index contributed by atoms with van der Waals surface area (Å²) in [5.74, 6) is 0.233. The van der Waals surface area contributed by atoms with Crippen molar-refractivity contribution < 1.29 is 4.79 Å². The van der Waals surface area contributed by atoms with Crippen molar-refractivity contribution >= 4 is 5.78 Å². The molecule has 1 rings (SSSR count). The van der Waals surface area contributed by atoms with Crippen molar-refractivity contribution in [3.63, 3.8) is 0 Å². The third kappa shape index (κ3) is 2.19. The van der Waals surface area contributed by atoms with Gasteiger partial charge < -0.3 is 0 Å². The minimum atomic E-state index is 0.0819. The van der Waals surface area contributed by atoms with Crippen LogP contribution in [0.15, 0.2) is 12.2 Å². The zero-order chi connectivity index (χ0) is 8.10. The molecule has 0 bridgehead atoms. The van der Waals surface area contributed by atoms with E-state index in [0.29, 0.717) is 0 Å². The largest absolute Gasteiger partial charge is 0.298 e. The highest BCUT2D eigenvalue weighted by atomic mass is 16.1. The van der Waals surface area contributed by atoms with Gasteiger partial charge in [0, 0.05) is 5.92 Å². The summed E-state index contributed by atoms with van der Waals surface area (Å²) in [6.45, 7) is 0. The Balaban J connectivity index is 2.42.